The summed E-state index contributed by atoms with van der Waals surface area (Å²) in [6, 6.07) is -0.0882. The Morgan fingerprint density at radius 1 is 1.22 bits per heavy atom. The Labute approximate surface area is 109 Å². The number of rotatable bonds is 5. The van der Waals surface area contributed by atoms with Crippen LogP contribution in [-0.2, 0) is 4.79 Å². The summed E-state index contributed by atoms with van der Waals surface area (Å²) in [6.07, 6.45) is 3.68. The maximum absolute atomic E-state index is 11.8. The topological polar surface area (TPSA) is 69.6 Å². The largest absolute Gasteiger partial charge is 0.481 e. The Balaban J connectivity index is 2.45. The van der Waals surface area contributed by atoms with Gasteiger partial charge in [0.05, 0.1) is 5.92 Å². The van der Waals surface area contributed by atoms with E-state index in [4.69, 9.17) is 5.11 Å². The second-order valence-corrected chi connectivity index (χ2v) is 4.85. The Kier molecular flexibility index (Phi) is 5.95. The van der Waals surface area contributed by atoms with Crippen LogP contribution in [0.2, 0.25) is 0 Å². The average Bonchev–Trinajstić information content (AvgIpc) is 2.38. The van der Waals surface area contributed by atoms with Gasteiger partial charge in [-0.25, -0.2) is 4.79 Å². The smallest absolute Gasteiger partial charge is 0.317 e. The third kappa shape index (κ3) is 3.89. The lowest BCUT2D eigenvalue weighted by Gasteiger charge is -2.29. The predicted molar refractivity (Wildman–Crippen MR) is 69.4 cm³/mol. The van der Waals surface area contributed by atoms with Crippen LogP contribution in [0.15, 0.2) is 0 Å². The first-order valence-electron chi connectivity index (χ1n) is 6.85. The first kappa shape index (κ1) is 14.8. The van der Waals surface area contributed by atoms with Gasteiger partial charge in [-0.3, -0.25) is 4.79 Å². The molecule has 2 atom stereocenters. The van der Waals surface area contributed by atoms with Crippen molar-refractivity contribution < 1.29 is 14.7 Å². The molecule has 104 valence electrons. The first-order valence-corrected chi connectivity index (χ1v) is 6.85. The van der Waals surface area contributed by atoms with Crippen LogP contribution in [0.25, 0.3) is 0 Å². The molecule has 1 saturated carbocycles. The van der Waals surface area contributed by atoms with E-state index in [1.807, 2.05) is 13.8 Å². The fourth-order valence-electron chi connectivity index (χ4n) is 2.62. The molecule has 2 amide bonds. The minimum atomic E-state index is -0.725. The number of carbonyl (C=O) groups excluding carboxylic acids is 1. The van der Waals surface area contributed by atoms with Crippen LogP contribution in [0.1, 0.15) is 39.5 Å². The van der Waals surface area contributed by atoms with Crippen LogP contribution in [0.3, 0.4) is 0 Å². The number of carboxylic acid groups (broad SMARTS) is 1. The summed E-state index contributed by atoms with van der Waals surface area (Å²) >= 11 is 0. The van der Waals surface area contributed by atoms with Gasteiger partial charge >= 0.3 is 12.0 Å². The Morgan fingerprint density at radius 2 is 1.83 bits per heavy atom. The Hall–Kier alpha value is -1.26. The molecule has 0 radical (unpaired) electrons. The standard InChI is InChI=1S/C13H24N2O3/c1-3-15(4-2)13(18)14-9-10-7-5-6-8-11(10)12(16)17/h10-11H,3-9H2,1-2H3,(H,14,18)(H,16,17). The van der Waals surface area contributed by atoms with Gasteiger partial charge in [0.15, 0.2) is 0 Å². The number of nitrogens with zero attached hydrogens (tertiary/aromatic N) is 1. The van der Waals surface area contributed by atoms with Crippen LogP contribution in [0, 0.1) is 11.8 Å². The molecular weight excluding hydrogens is 232 g/mol. The minimum Gasteiger partial charge on any atom is -0.481 e. The molecule has 1 aliphatic carbocycles. The van der Waals surface area contributed by atoms with Gasteiger partial charge < -0.3 is 15.3 Å². The molecule has 1 aliphatic rings. The first-order chi connectivity index (χ1) is 8.60. The van der Waals surface area contributed by atoms with E-state index < -0.39 is 5.97 Å². The zero-order valence-corrected chi connectivity index (χ0v) is 11.3. The zero-order chi connectivity index (χ0) is 13.5. The van der Waals surface area contributed by atoms with Gasteiger partial charge in [-0.2, -0.15) is 0 Å². The summed E-state index contributed by atoms with van der Waals surface area (Å²) in [5.74, 6) is -0.941. The summed E-state index contributed by atoms with van der Waals surface area (Å²) in [7, 11) is 0. The number of hydrogen-bond donors (Lipinski definition) is 2. The fourth-order valence-corrected chi connectivity index (χ4v) is 2.62. The lowest BCUT2D eigenvalue weighted by Crippen LogP contribution is -2.44. The van der Waals surface area contributed by atoms with Crippen LogP contribution in [0.4, 0.5) is 4.79 Å². The number of nitrogens with one attached hydrogen (secondary N) is 1. The molecule has 18 heavy (non-hydrogen) atoms. The van der Waals surface area contributed by atoms with Crippen LogP contribution in [-0.4, -0.2) is 41.6 Å². The highest BCUT2D eigenvalue weighted by Crippen LogP contribution is 2.29. The van der Waals surface area contributed by atoms with Crippen LogP contribution < -0.4 is 5.32 Å². The number of aliphatic carboxylic acids is 1. The monoisotopic (exact) mass is 256 g/mol. The lowest BCUT2D eigenvalue weighted by molar-refractivity contribution is -0.144. The van der Waals surface area contributed by atoms with Gasteiger partial charge in [0.1, 0.15) is 0 Å². The molecule has 5 heteroatoms. The van der Waals surface area contributed by atoms with Crippen molar-refractivity contribution in [1.29, 1.82) is 0 Å². The Morgan fingerprint density at radius 3 is 2.39 bits per heavy atom. The van der Waals surface area contributed by atoms with Crippen molar-refractivity contribution in [3.63, 3.8) is 0 Å². The van der Waals surface area contributed by atoms with E-state index in [9.17, 15) is 9.59 Å². The summed E-state index contributed by atoms with van der Waals surface area (Å²) in [6.45, 7) is 5.70. The molecule has 1 fully saturated rings. The molecule has 1 rings (SSSR count). The molecule has 0 aromatic heterocycles. The number of amides is 2. The van der Waals surface area contributed by atoms with Gasteiger partial charge in [-0.1, -0.05) is 12.8 Å². The molecule has 2 N–H and O–H groups in total. The summed E-state index contributed by atoms with van der Waals surface area (Å²) < 4.78 is 0. The van der Waals surface area contributed by atoms with E-state index >= 15 is 0 Å². The zero-order valence-electron chi connectivity index (χ0n) is 11.3. The number of carbonyl (C=O) groups is 2. The van der Waals surface area contributed by atoms with Gasteiger partial charge in [0.2, 0.25) is 0 Å². The van der Waals surface area contributed by atoms with Crippen molar-refractivity contribution in [3.8, 4) is 0 Å². The van der Waals surface area contributed by atoms with E-state index in [1.165, 1.54) is 0 Å². The molecule has 0 spiro atoms. The second kappa shape index (κ2) is 7.24. The van der Waals surface area contributed by atoms with Crippen LogP contribution >= 0.6 is 0 Å². The van der Waals surface area contributed by atoms with E-state index in [0.29, 0.717) is 19.6 Å². The molecule has 2 unspecified atom stereocenters. The maximum atomic E-state index is 11.8. The second-order valence-electron chi connectivity index (χ2n) is 4.85. The molecule has 0 aromatic rings. The van der Waals surface area contributed by atoms with Gasteiger partial charge in [0.25, 0.3) is 0 Å². The third-order valence-corrected chi connectivity index (χ3v) is 3.79. The summed E-state index contributed by atoms with van der Waals surface area (Å²) in [4.78, 5) is 24.6. The third-order valence-electron chi connectivity index (χ3n) is 3.79. The lowest BCUT2D eigenvalue weighted by atomic mass is 9.79. The molecule has 5 nitrogen and oxygen atoms in total. The summed E-state index contributed by atoms with van der Waals surface area (Å²) in [5, 5.41) is 12.0. The predicted octanol–water partition coefficient (Wildman–Crippen LogP) is 1.93. The summed E-state index contributed by atoms with van der Waals surface area (Å²) in [5.41, 5.74) is 0. The van der Waals surface area contributed by atoms with Crippen molar-refractivity contribution in [2.75, 3.05) is 19.6 Å². The average molecular weight is 256 g/mol. The van der Waals surface area contributed by atoms with E-state index in [-0.39, 0.29) is 17.9 Å². The molecule has 0 saturated heterocycles. The van der Waals surface area contributed by atoms with Crippen molar-refractivity contribution >= 4 is 12.0 Å². The van der Waals surface area contributed by atoms with Gasteiger partial charge in [-0.05, 0) is 32.6 Å². The Bertz CT molecular complexity index is 290. The van der Waals surface area contributed by atoms with E-state index in [1.54, 1.807) is 4.90 Å². The SMILES string of the molecule is CCN(CC)C(=O)NCC1CCCCC1C(=O)O. The van der Waals surface area contributed by atoms with Crippen molar-refractivity contribution in [1.82, 2.24) is 10.2 Å². The van der Waals surface area contributed by atoms with Gasteiger partial charge in [-0.15, -0.1) is 0 Å². The van der Waals surface area contributed by atoms with Crippen molar-refractivity contribution in [2.24, 2.45) is 11.8 Å². The quantitative estimate of drug-likeness (QED) is 0.789. The van der Waals surface area contributed by atoms with E-state index in [2.05, 4.69) is 5.32 Å². The number of hydrogen-bond acceptors (Lipinski definition) is 2. The normalized spacial score (nSPS) is 23.4. The fraction of sp³-hybridized carbons (Fsp3) is 0.846. The van der Waals surface area contributed by atoms with Gasteiger partial charge in [0, 0.05) is 19.6 Å². The molecule has 0 bridgehead atoms. The number of carboxylic acids is 1. The minimum absolute atomic E-state index is 0.0794. The van der Waals surface area contributed by atoms with Crippen LogP contribution in [0.5, 0.6) is 0 Å². The highest BCUT2D eigenvalue weighted by Gasteiger charge is 2.30. The maximum Gasteiger partial charge on any atom is 0.317 e. The number of urea groups is 1. The van der Waals surface area contributed by atoms with Crippen molar-refractivity contribution in [2.45, 2.75) is 39.5 Å². The molecule has 0 aromatic carbocycles. The molecular formula is C13H24N2O3. The molecule has 0 heterocycles. The van der Waals surface area contributed by atoms with Crippen molar-refractivity contribution in [3.05, 3.63) is 0 Å². The highest BCUT2D eigenvalue weighted by molar-refractivity contribution is 5.74. The van der Waals surface area contributed by atoms with E-state index in [0.717, 1.165) is 25.7 Å². The highest BCUT2D eigenvalue weighted by atomic mass is 16.4. The molecule has 0 aliphatic heterocycles.